The summed E-state index contributed by atoms with van der Waals surface area (Å²) in [6, 6.07) is 16.1. The summed E-state index contributed by atoms with van der Waals surface area (Å²) < 4.78 is 18.2. The SMILES string of the molecule is COc1ccccc1CNC(=O)c1ccc(-c2ccc(F)cc2)[nH]c1=O. The first-order valence-electron chi connectivity index (χ1n) is 7.98. The van der Waals surface area contributed by atoms with Crippen LogP contribution in [-0.2, 0) is 6.54 Å². The average Bonchev–Trinajstić information content (AvgIpc) is 2.66. The van der Waals surface area contributed by atoms with Gasteiger partial charge in [0.05, 0.1) is 7.11 Å². The van der Waals surface area contributed by atoms with Crippen molar-refractivity contribution in [1.82, 2.24) is 10.3 Å². The molecule has 132 valence electrons. The van der Waals surface area contributed by atoms with E-state index >= 15 is 0 Å². The van der Waals surface area contributed by atoms with Gasteiger partial charge in [-0.25, -0.2) is 4.39 Å². The number of carbonyl (C=O) groups excluding carboxylic acids is 1. The van der Waals surface area contributed by atoms with Crippen LogP contribution in [0.3, 0.4) is 0 Å². The van der Waals surface area contributed by atoms with Crippen molar-refractivity contribution in [1.29, 1.82) is 0 Å². The van der Waals surface area contributed by atoms with Crippen LogP contribution in [0.2, 0.25) is 0 Å². The summed E-state index contributed by atoms with van der Waals surface area (Å²) in [7, 11) is 1.56. The highest BCUT2D eigenvalue weighted by molar-refractivity contribution is 5.94. The standard InChI is InChI=1S/C20H17FN2O3/c1-26-18-5-3-2-4-14(18)12-22-19(24)16-10-11-17(23-20(16)25)13-6-8-15(21)9-7-13/h2-11H,12H2,1H3,(H,22,24)(H,23,25). The molecule has 2 aromatic carbocycles. The molecule has 1 aromatic heterocycles. The summed E-state index contributed by atoms with van der Waals surface area (Å²) in [5, 5.41) is 2.71. The zero-order valence-corrected chi connectivity index (χ0v) is 14.1. The third-order valence-electron chi connectivity index (χ3n) is 3.94. The topological polar surface area (TPSA) is 71.2 Å². The Morgan fingerprint density at radius 2 is 1.81 bits per heavy atom. The van der Waals surface area contributed by atoms with Crippen molar-refractivity contribution < 1.29 is 13.9 Å². The highest BCUT2D eigenvalue weighted by Gasteiger charge is 2.12. The summed E-state index contributed by atoms with van der Waals surface area (Å²) in [5.74, 6) is -0.181. The van der Waals surface area contributed by atoms with Crippen molar-refractivity contribution >= 4 is 5.91 Å². The largest absolute Gasteiger partial charge is 0.496 e. The number of benzene rings is 2. The van der Waals surface area contributed by atoms with Gasteiger partial charge in [0.25, 0.3) is 11.5 Å². The van der Waals surface area contributed by atoms with Crippen LogP contribution >= 0.6 is 0 Å². The molecule has 0 spiro atoms. The number of nitrogens with one attached hydrogen (secondary N) is 2. The molecular formula is C20H17FN2O3. The number of rotatable bonds is 5. The van der Waals surface area contributed by atoms with E-state index in [0.717, 1.165) is 5.56 Å². The lowest BCUT2D eigenvalue weighted by Gasteiger charge is -2.09. The fraction of sp³-hybridized carbons (Fsp3) is 0.100. The van der Waals surface area contributed by atoms with Gasteiger partial charge < -0.3 is 15.0 Å². The first kappa shape index (κ1) is 17.4. The normalized spacial score (nSPS) is 10.4. The van der Waals surface area contributed by atoms with E-state index in [1.165, 1.54) is 18.2 Å². The van der Waals surface area contributed by atoms with Crippen LogP contribution in [0.25, 0.3) is 11.3 Å². The second-order valence-electron chi connectivity index (χ2n) is 5.62. The fourth-order valence-corrected chi connectivity index (χ4v) is 2.57. The van der Waals surface area contributed by atoms with E-state index in [-0.39, 0.29) is 17.9 Å². The summed E-state index contributed by atoms with van der Waals surface area (Å²) >= 11 is 0. The van der Waals surface area contributed by atoms with E-state index in [9.17, 15) is 14.0 Å². The maximum absolute atomic E-state index is 13.0. The predicted molar refractivity (Wildman–Crippen MR) is 96.6 cm³/mol. The number of ether oxygens (including phenoxy) is 1. The van der Waals surface area contributed by atoms with E-state index in [4.69, 9.17) is 4.74 Å². The predicted octanol–water partition coefficient (Wildman–Crippen LogP) is 3.12. The van der Waals surface area contributed by atoms with Crippen molar-refractivity contribution in [2.75, 3.05) is 7.11 Å². The molecule has 3 aromatic rings. The van der Waals surface area contributed by atoms with Gasteiger partial charge in [-0.2, -0.15) is 0 Å². The van der Waals surface area contributed by atoms with E-state index in [1.54, 1.807) is 31.4 Å². The number of para-hydroxylation sites is 1. The van der Waals surface area contributed by atoms with Gasteiger partial charge in [-0.1, -0.05) is 18.2 Å². The molecule has 5 nitrogen and oxygen atoms in total. The highest BCUT2D eigenvalue weighted by Crippen LogP contribution is 2.18. The first-order chi connectivity index (χ1) is 12.6. The number of H-pyrrole nitrogens is 1. The second-order valence-corrected chi connectivity index (χ2v) is 5.62. The lowest BCUT2D eigenvalue weighted by molar-refractivity contribution is 0.0949. The molecule has 1 amide bonds. The molecule has 0 bridgehead atoms. The third-order valence-corrected chi connectivity index (χ3v) is 3.94. The van der Waals surface area contributed by atoms with Gasteiger partial charge in [0, 0.05) is 17.8 Å². The lowest BCUT2D eigenvalue weighted by Crippen LogP contribution is -2.29. The Kier molecular flexibility index (Phi) is 5.12. The number of amides is 1. The van der Waals surface area contributed by atoms with Crippen LogP contribution in [0.4, 0.5) is 4.39 Å². The lowest BCUT2D eigenvalue weighted by atomic mass is 10.1. The van der Waals surface area contributed by atoms with Crippen LogP contribution < -0.4 is 15.6 Å². The van der Waals surface area contributed by atoms with Crippen molar-refractivity contribution in [3.05, 3.63) is 88.0 Å². The minimum Gasteiger partial charge on any atom is -0.496 e. The van der Waals surface area contributed by atoms with E-state index in [1.807, 2.05) is 18.2 Å². The van der Waals surface area contributed by atoms with E-state index < -0.39 is 11.5 Å². The molecule has 3 rings (SSSR count). The molecule has 0 atom stereocenters. The Morgan fingerprint density at radius 1 is 1.08 bits per heavy atom. The maximum atomic E-state index is 13.0. The van der Waals surface area contributed by atoms with Gasteiger partial charge in [0.1, 0.15) is 17.1 Å². The molecule has 26 heavy (non-hydrogen) atoms. The van der Waals surface area contributed by atoms with Crippen LogP contribution in [0.15, 0.2) is 65.5 Å². The number of methoxy groups -OCH3 is 1. The molecule has 0 aliphatic heterocycles. The first-order valence-corrected chi connectivity index (χ1v) is 7.98. The number of hydrogen-bond donors (Lipinski definition) is 2. The molecule has 0 unspecified atom stereocenters. The second kappa shape index (κ2) is 7.65. The Bertz CT molecular complexity index is 981. The summed E-state index contributed by atoms with van der Waals surface area (Å²) in [5.41, 5.74) is 1.47. The number of aromatic amines is 1. The van der Waals surface area contributed by atoms with Crippen LogP contribution in [-0.4, -0.2) is 18.0 Å². The number of carbonyl (C=O) groups is 1. The van der Waals surface area contributed by atoms with Crippen molar-refractivity contribution in [2.24, 2.45) is 0 Å². The number of aromatic nitrogens is 1. The van der Waals surface area contributed by atoms with E-state index in [2.05, 4.69) is 10.3 Å². The van der Waals surface area contributed by atoms with Crippen molar-refractivity contribution in [2.45, 2.75) is 6.54 Å². The molecule has 0 saturated carbocycles. The smallest absolute Gasteiger partial charge is 0.261 e. The maximum Gasteiger partial charge on any atom is 0.261 e. The summed E-state index contributed by atoms with van der Waals surface area (Å²) in [4.78, 5) is 27.2. The fourth-order valence-electron chi connectivity index (χ4n) is 2.57. The number of hydrogen-bond acceptors (Lipinski definition) is 3. The number of pyridine rings is 1. The highest BCUT2D eigenvalue weighted by atomic mass is 19.1. The molecule has 0 aliphatic rings. The third kappa shape index (κ3) is 3.80. The summed E-state index contributed by atoms with van der Waals surface area (Å²) in [6.07, 6.45) is 0. The quantitative estimate of drug-likeness (QED) is 0.741. The molecule has 1 heterocycles. The Balaban J connectivity index is 1.76. The summed E-state index contributed by atoms with van der Waals surface area (Å²) in [6.45, 7) is 0.238. The minimum atomic E-state index is -0.510. The molecule has 0 fully saturated rings. The molecule has 6 heteroatoms. The minimum absolute atomic E-state index is 0.00533. The molecule has 0 radical (unpaired) electrons. The number of halogens is 1. The van der Waals surface area contributed by atoms with Gasteiger partial charge in [0.15, 0.2) is 0 Å². The zero-order chi connectivity index (χ0) is 18.5. The van der Waals surface area contributed by atoms with Gasteiger partial charge >= 0.3 is 0 Å². The Morgan fingerprint density at radius 3 is 2.50 bits per heavy atom. The zero-order valence-electron chi connectivity index (χ0n) is 14.1. The molecule has 2 N–H and O–H groups in total. The average molecular weight is 352 g/mol. The van der Waals surface area contributed by atoms with Gasteiger partial charge in [-0.3, -0.25) is 9.59 Å². The van der Waals surface area contributed by atoms with Crippen LogP contribution in [0.5, 0.6) is 5.75 Å². The van der Waals surface area contributed by atoms with Crippen molar-refractivity contribution in [3.8, 4) is 17.0 Å². The van der Waals surface area contributed by atoms with E-state index in [0.29, 0.717) is 17.0 Å². The molecule has 0 aliphatic carbocycles. The van der Waals surface area contributed by atoms with Gasteiger partial charge in [-0.15, -0.1) is 0 Å². The van der Waals surface area contributed by atoms with Crippen LogP contribution in [0.1, 0.15) is 15.9 Å². The Hall–Kier alpha value is -3.41. The molecular weight excluding hydrogens is 335 g/mol. The van der Waals surface area contributed by atoms with Gasteiger partial charge in [-0.05, 0) is 48.0 Å². The monoisotopic (exact) mass is 352 g/mol. The van der Waals surface area contributed by atoms with Crippen molar-refractivity contribution in [3.63, 3.8) is 0 Å². The van der Waals surface area contributed by atoms with Crippen LogP contribution in [0, 0.1) is 5.82 Å². The van der Waals surface area contributed by atoms with Gasteiger partial charge in [0.2, 0.25) is 0 Å². The molecule has 0 saturated heterocycles. The Labute approximate surface area is 149 Å².